The third-order valence-corrected chi connectivity index (χ3v) is 3.96. The summed E-state index contributed by atoms with van der Waals surface area (Å²) in [7, 11) is 0. The van der Waals surface area contributed by atoms with Crippen LogP contribution < -0.4 is 0 Å². The highest BCUT2D eigenvalue weighted by molar-refractivity contribution is 9.10. The van der Waals surface area contributed by atoms with Crippen LogP contribution in [0.1, 0.15) is 13.3 Å². The predicted octanol–water partition coefficient (Wildman–Crippen LogP) is 2.17. The van der Waals surface area contributed by atoms with Crippen molar-refractivity contribution in [1.29, 1.82) is 5.26 Å². The first-order valence-electron chi connectivity index (χ1n) is 2.88. The molecule has 0 amide bonds. The number of nitriles is 1. The van der Waals surface area contributed by atoms with Crippen LogP contribution in [0.2, 0.25) is 0 Å². The molecule has 50 valence electrons. The van der Waals surface area contributed by atoms with Gasteiger partial charge in [-0.25, -0.2) is 0 Å². The van der Waals surface area contributed by atoms with E-state index in [9.17, 15) is 0 Å². The van der Waals surface area contributed by atoms with Crippen LogP contribution in [0.5, 0.6) is 0 Å². The van der Waals surface area contributed by atoms with Crippen molar-refractivity contribution in [2.24, 2.45) is 0 Å². The number of nitrogens with zero attached hydrogens (tertiary/aromatic N) is 1. The van der Waals surface area contributed by atoms with Gasteiger partial charge >= 0.3 is 0 Å². The van der Waals surface area contributed by atoms with Crippen LogP contribution in [0.3, 0.4) is 0 Å². The zero-order chi connectivity index (χ0) is 6.91. The Kier molecular flexibility index (Phi) is 2.07. The van der Waals surface area contributed by atoms with Crippen molar-refractivity contribution >= 4 is 27.7 Å². The van der Waals surface area contributed by atoms with Crippen molar-refractivity contribution in [3.8, 4) is 6.07 Å². The Morgan fingerprint density at radius 1 is 1.89 bits per heavy atom. The van der Waals surface area contributed by atoms with Crippen molar-refractivity contribution in [2.75, 3.05) is 5.75 Å². The first kappa shape index (κ1) is 7.43. The lowest BCUT2D eigenvalue weighted by atomic mass is 10.1. The predicted molar refractivity (Wildman–Crippen MR) is 43.8 cm³/mol. The topological polar surface area (TPSA) is 23.8 Å². The Morgan fingerprint density at radius 2 is 2.56 bits per heavy atom. The van der Waals surface area contributed by atoms with E-state index in [0.29, 0.717) is 5.25 Å². The fourth-order valence-corrected chi connectivity index (χ4v) is 3.16. The average Bonchev–Trinajstić information content (AvgIpc) is 2.13. The second kappa shape index (κ2) is 2.51. The summed E-state index contributed by atoms with van der Waals surface area (Å²) in [4.78, 5) is 0. The number of rotatable bonds is 0. The molecule has 1 saturated heterocycles. The maximum absolute atomic E-state index is 8.63. The molecule has 1 aliphatic heterocycles. The van der Waals surface area contributed by atoms with Gasteiger partial charge in [0.1, 0.15) is 4.32 Å². The number of halogens is 1. The zero-order valence-corrected chi connectivity index (χ0v) is 7.63. The van der Waals surface area contributed by atoms with Crippen LogP contribution in [0.25, 0.3) is 0 Å². The van der Waals surface area contributed by atoms with Crippen molar-refractivity contribution in [2.45, 2.75) is 22.9 Å². The van der Waals surface area contributed by atoms with Gasteiger partial charge in [0, 0.05) is 11.0 Å². The summed E-state index contributed by atoms with van der Waals surface area (Å²) in [6, 6.07) is 2.27. The molecule has 2 unspecified atom stereocenters. The molecule has 2 atom stereocenters. The van der Waals surface area contributed by atoms with Crippen molar-refractivity contribution < 1.29 is 0 Å². The molecule has 0 radical (unpaired) electrons. The Balaban J connectivity index is 2.58. The molecule has 0 aromatic carbocycles. The van der Waals surface area contributed by atoms with Crippen molar-refractivity contribution in [3.05, 3.63) is 0 Å². The molecule has 0 N–H and O–H groups in total. The highest BCUT2D eigenvalue weighted by Gasteiger charge is 2.35. The molecular formula is C6H8BrNS. The fourth-order valence-electron chi connectivity index (χ4n) is 0.926. The van der Waals surface area contributed by atoms with E-state index in [1.54, 1.807) is 0 Å². The lowest BCUT2D eigenvalue weighted by Crippen LogP contribution is -2.16. The number of alkyl halides is 1. The molecule has 0 aromatic rings. The molecule has 0 spiro atoms. The van der Waals surface area contributed by atoms with Gasteiger partial charge in [-0.2, -0.15) is 17.0 Å². The standard InChI is InChI=1S/C6H8BrNS/c1-5-2-6(7,3-8)4-9-5/h5H,2,4H2,1H3. The van der Waals surface area contributed by atoms with Gasteiger partial charge in [0.25, 0.3) is 0 Å². The minimum Gasteiger partial charge on any atom is -0.197 e. The van der Waals surface area contributed by atoms with Crippen molar-refractivity contribution in [3.63, 3.8) is 0 Å². The van der Waals surface area contributed by atoms with E-state index in [0.717, 1.165) is 12.2 Å². The van der Waals surface area contributed by atoms with Crippen LogP contribution in [0.15, 0.2) is 0 Å². The van der Waals surface area contributed by atoms with Gasteiger partial charge < -0.3 is 0 Å². The molecule has 0 aliphatic carbocycles. The monoisotopic (exact) mass is 205 g/mol. The lowest BCUT2D eigenvalue weighted by molar-refractivity contribution is 0.763. The van der Waals surface area contributed by atoms with Gasteiger partial charge in [-0.05, 0) is 6.42 Å². The molecule has 1 heterocycles. The second-order valence-electron chi connectivity index (χ2n) is 2.40. The summed E-state index contributed by atoms with van der Waals surface area (Å²) in [6.07, 6.45) is 0.980. The summed E-state index contributed by atoms with van der Waals surface area (Å²) >= 11 is 5.26. The first-order valence-corrected chi connectivity index (χ1v) is 4.72. The normalized spacial score (nSPS) is 42.6. The van der Waals surface area contributed by atoms with Crippen LogP contribution in [-0.4, -0.2) is 15.3 Å². The first-order chi connectivity index (χ1) is 4.16. The van der Waals surface area contributed by atoms with E-state index in [2.05, 4.69) is 28.9 Å². The van der Waals surface area contributed by atoms with Gasteiger partial charge in [-0.3, -0.25) is 0 Å². The van der Waals surface area contributed by atoms with E-state index in [-0.39, 0.29) is 4.32 Å². The second-order valence-corrected chi connectivity index (χ2v) is 5.35. The molecule has 1 fully saturated rings. The van der Waals surface area contributed by atoms with E-state index >= 15 is 0 Å². The third-order valence-electron chi connectivity index (χ3n) is 1.41. The van der Waals surface area contributed by atoms with E-state index in [4.69, 9.17) is 5.26 Å². The minimum atomic E-state index is -0.211. The summed E-state index contributed by atoms with van der Waals surface area (Å²) in [6.45, 7) is 2.16. The van der Waals surface area contributed by atoms with Crippen LogP contribution in [0.4, 0.5) is 0 Å². The lowest BCUT2D eigenvalue weighted by Gasteiger charge is -2.07. The van der Waals surface area contributed by atoms with Gasteiger partial charge in [0.05, 0.1) is 6.07 Å². The van der Waals surface area contributed by atoms with Gasteiger partial charge in [-0.1, -0.05) is 22.9 Å². The molecule has 1 aliphatic rings. The number of hydrogen-bond donors (Lipinski definition) is 0. The highest BCUT2D eigenvalue weighted by atomic mass is 79.9. The largest absolute Gasteiger partial charge is 0.197 e. The summed E-state index contributed by atoms with van der Waals surface area (Å²) in [5.41, 5.74) is 0. The SMILES string of the molecule is CC1CC(Br)(C#N)CS1. The number of hydrogen-bond acceptors (Lipinski definition) is 2. The molecule has 3 heteroatoms. The van der Waals surface area contributed by atoms with E-state index in [1.807, 2.05) is 11.8 Å². The van der Waals surface area contributed by atoms with Crippen LogP contribution >= 0.6 is 27.7 Å². The maximum atomic E-state index is 8.63. The average molecular weight is 206 g/mol. The van der Waals surface area contributed by atoms with E-state index < -0.39 is 0 Å². The van der Waals surface area contributed by atoms with Crippen LogP contribution in [-0.2, 0) is 0 Å². The third kappa shape index (κ3) is 1.62. The Bertz CT molecular complexity index is 154. The Labute approximate surface area is 67.9 Å². The highest BCUT2D eigenvalue weighted by Crippen LogP contribution is 2.39. The fraction of sp³-hybridized carbons (Fsp3) is 0.833. The van der Waals surface area contributed by atoms with Gasteiger partial charge in [-0.15, -0.1) is 0 Å². The van der Waals surface area contributed by atoms with Crippen LogP contribution in [0, 0.1) is 11.3 Å². The zero-order valence-electron chi connectivity index (χ0n) is 5.22. The van der Waals surface area contributed by atoms with Gasteiger partial charge in [0.15, 0.2) is 0 Å². The summed E-state index contributed by atoms with van der Waals surface area (Å²) in [5, 5.41) is 9.28. The van der Waals surface area contributed by atoms with Gasteiger partial charge in [0.2, 0.25) is 0 Å². The maximum Gasteiger partial charge on any atom is 0.122 e. The number of thioether (sulfide) groups is 1. The minimum absolute atomic E-state index is 0.211. The molecular weight excluding hydrogens is 198 g/mol. The molecule has 9 heavy (non-hydrogen) atoms. The Morgan fingerprint density at radius 3 is 2.78 bits per heavy atom. The van der Waals surface area contributed by atoms with Crippen molar-refractivity contribution in [1.82, 2.24) is 0 Å². The molecule has 1 nitrogen and oxygen atoms in total. The molecule has 0 saturated carbocycles. The molecule has 0 aromatic heterocycles. The molecule has 1 rings (SSSR count). The van der Waals surface area contributed by atoms with E-state index in [1.165, 1.54) is 0 Å². The smallest absolute Gasteiger partial charge is 0.122 e. The summed E-state index contributed by atoms with van der Waals surface area (Å²) in [5.74, 6) is 0.935. The summed E-state index contributed by atoms with van der Waals surface area (Å²) < 4.78 is -0.211. The quantitative estimate of drug-likeness (QED) is 0.567. The Hall–Kier alpha value is 0.320. The molecule has 0 bridgehead atoms.